The van der Waals surface area contributed by atoms with E-state index in [1.165, 1.54) is 0 Å². The Labute approximate surface area is 224 Å². The molecule has 2 aliphatic rings. The molecule has 38 heavy (non-hydrogen) atoms. The fourth-order valence-electron chi connectivity index (χ4n) is 5.47. The molecule has 8 heteroatoms. The lowest BCUT2D eigenvalue weighted by Crippen LogP contribution is -2.31. The second kappa shape index (κ2) is 11.6. The van der Waals surface area contributed by atoms with Crippen LogP contribution in [0.4, 0.5) is 0 Å². The number of hydrogen-bond acceptors (Lipinski definition) is 8. The lowest BCUT2D eigenvalue weighted by Gasteiger charge is -2.32. The summed E-state index contributed by atoms with van der Waals surface area (Å²) in [6, 6.07) is 16.6. The van der Waals surface area contributed by atoms with Gasteiger partial charge in [0.15, 0.2) is 23.0 Å². The Kier molecular flexibility index (Phi) is 8.22. The third-order valence-electron chi connectivity index (χ3n) is 7.99. The van der Waals surface area contributed by atoms with Crippen molar-refractivity contribution in [1.29, 1.82) is 10.5 Å². The molecule has 2 fully saturated rings. The molecule has 2 saturated carbocycles. The van der Waals surface area contributed by atoms with E-state index < -0.39 is 10.8 Å². The van der Waals surface area contributed by atoms with Gasteiger partial charge in [-0.1, -0.05) is 12.1 Å². The molecule has 0 N–H and O–H groups in total. The van der Waals surface area contributed by atoms with Crippen LogP contribution in [-0.4, -0.2) is 39.9 Å². The van der Waals surface area contributed by atoms with Gasteiger partial charge in [-0.15, -0.1) is 0 Å². The van der Waals surface area contributed by atoms with Crippen LogP contribution >= 0.6 is 0 Å². The zero-order chi connectivity index (χ0) is 27.2. The summed E-state index contributed by atoms with van der Waals surface area (Å²) in [6.07, 6.45) is 5.58. The number of rotatable bonds is 7. The monoisotopic (exact) mass is 514 g/mol. The maximum atomic E-state index is 10.1. The standard InChI is InChI=1S/C30H34N4O4/c1-35-25-7-5-21(17-27(25)37-3)29(19-31)13-9-23(10-14-29)33-34-24-11-15-30(20-32,16-12-24)22-6-8-26(36-2)28(18-22)38-4/h5-8,17-18H,9-16H2,1-4H3. The molecule has 4 rings (SSSR count). The highest BCUT2D eigenvalue weighted by Gasteiger charge is 2.38. The van der Waals surface area contributed by atoms with Crippen LogP contribution in [0.2, 0.25) is 0 Å². The Morgan fingerprint density at radius 1 is 0.579 bits per heavy atom. The smallest absolute Gasteiger partial charge is 0.161 e. The van der Waals surface area contributed by atoms with Crippen molar-refractivity contribution in [2.45, 2.75) is 62.2 Å². The van der Waals surface area contributed by atoms with Gasteiger partial charge in [-0.2, -0.15) is 20.7 Å². The lowest BCUT2D eigenvalue weighted by atomic mass is 9.70. The Balaban J connectivity index is 1.43. The van der Waals surface area contributed by atoms with E-state index in [4.69, 9.17) is 18.9 Å². The van der Waals surface area contributed by atoms with Gasteiger partial charge in [0.25, 0.3) is 0 Å². The van der Waals surface area contributed by atoms with Gasteiger partial charge >= 0.3 is 0 Å². The molecule has 0 amide bonds. The zero-order valence-corrected chi connectivity index (χ0v) is 22.5. The number of benzene rings is 2. The summed E-state index contributed by atoms with van der Waals surface area (Å²) in [5, 5.41) is 29.4. The van der Waals surface area contributed by atoms with Crippen molar-refractivity contribution in [3.05, 3.63) is 47.5 Å². The van der Waals surface area contributed by atoms with Crippen LogP contribution in [0.5, 0.6) is 23.0 Å². The molecule has 0 spiro atoms. The highest BCUT2D eigenvalue weighted by atomic mass is 16.5. The zero-order valence-electron chi connectivity index (χ0n) is 22.5. The average molecular weight is 515 g/mol. The minimum Gasteiger partial charge on any atom is -0.493 e. The second-order valence-corrected chi connectivity index (χ2v) is 9.86. The Morgan fingerprint density at radius 2 is 0.921 bits per heavy atom. The van der Waals surface area contributed by atoms with E-state index in [0.717, 1.165) is 22.6 Å². The number of nitrogens with zero attached hydrogens (tertiary/aromatic N) is 4. The molecule has 0 bridgehead atoms. The molecule has 0 saturated heterocycles. The SMILES string of the molecule is COc1ccc(C2(C#N)CCC(=NN=C3CCC(C#N)(c4ccc(OC)c(OC)c4)CC3)CC2)cc1OC. The van der Waals surface area contributed by atoms with Gasteiger partial charge in [0, 0.05) is 11.4 Å². The molecule has 0 aliphatic heterocycles. The summed E-state index contributed by atoms with van der Waals surface area (Å²) in [6.45, 7) is 0. The summed E-state index contributed by atoms with van der Waals surface area (Å²) in [7, 11) is 6.41. The average Bonchev–Trinajstić information content (AvgIpc) is 2.99. The largest absolute Gasteiger partial charge is 0.493 e. The molecule has 8 nitrogen and oxygen atoms in total. The maximum absolute atomic E-state index is 10.1. The molecule has 0 heterocycles. The van der Waals surface area contributed by atoms with Gasteiger partial charge in [-0.25, -0.2) is 0 Å². The van der Waals surface area contributed by atoms with Crippen molar-refractivity contribution in [3.8, 4) is 35.1 Å². The topological polar surface area (TPSA) is 109 Å². The van der Waals surface area contributed by atoms with Gasteiger partial charge in [-0.3, -0.25) is 0 Å². The maximum Gasteiger partial charge on any atom is 0.161 e. The Bertz CT molecular complexity index is 1200. The van der Waals surface area contributed by atoms with Crippen LogP contribution in [0.15, 0.2) is 46.6 Å². The number of hydrogen-bond donors (Lipinski definition) is 0. The number of methoxy groups -OCH3 is 4. The first-order chi connectivity index (χ1) is 18.5. The molecular formula is C30H34N4O4. The normalized spacial score (nSPS) is 23.0. The highest BCUT2D eigenvalue weighted by molar-refractivity contribution is 5.89. The van der Waals surface area contributed by atoms with Gasteiger partial charge in [0.05, 0.1) is 51.4 Å². The molecule has 0 unspecified atom stereocenters. The van der Waals surface area contributed by atoms with E-state index in [2.05, 4.69) is 22.3 Å². The summed E-state index contributed by atoms with van der Waals surface area (Å²) < 4.78 is 21.6. The fourth-order valence-corrected chi connectivity index (χ4v) is 5.47. The van der Waals surface area contributed by atoms with E-state index in [0.29, 0.717) is 74.4 Å². The minimum atomic E-state index is -0.581. The third-order valence-corrected chi connectivity index (χ3v) is 7.99. The van der Waals surface area contributed by atoms with Crippen LogP contribution in [0, 0.1) is 22.7 Å². The van der Waals surface area contributed by atoms with E-state index in [-0.39, 0.29) is 0 Å². The summed E-state index contributed by atoms with van der Waals surface area (Å²) in [4.78, 5) is 0. The summed E-state index contributed by atoms with van der Waals surface area (Å²) in [5.74, 6) is 2.56. The number of nitriles is 2. The van der Waals surface area contributed by atoms with Crippen molar-refractivity contribution in [2.24, 2.45) is 10.2 Å². The van der Waals surface area contributed by atoms with Crippen LogP contribution in [0.25, 0.3) is 0 Å². The minimum absolute atomic E-state index is 0.581. The number of ether oxygens (including phenoxy) is 4. The van der Waals surface area contributed by atoms with Crippen LogP contribution < -0.4 is 18.9 Å². The van der Waals surface area contributed by atoms with Crippen LogP contribution in [-0.2, 0) is 10.8 Å². The highest BCUT2D eigenvalue weighted by Crippen LogP contribution is 2.43. The Morgan fingerprint density at radius 3 is 1.21 bits per heavy atom. The van der Waals surface area contributed by atoms with E-state index in [9.17, 15) is 10.5 Å². The van der Waals surface area contributed by atoms with Gasteiger partial charge < -0.3 is 18.9 Å². The van der Waals surface area contributed by atoms with E-state index in [1.807, 2.05) is 36.4 Å². The van der Waals surface area contributed by atoms with Gasteiger partial charge in [0.2, 0.25) is 0 Å². The molecule has 0 atom stereocenters. The first kappa shape index (κ1) is 27.0. The molecule has 2 aliphatic carbocycles. The van der Waals surface area contributed by atoms with Crippen molar-refractivity contribution in [1.82, 2.24) is 0 Å². The predicted molar refractivity (Wildman–Crippen MR) is 145 cm³/mol. The third kappa shape index (κ3) is 5.17. The van der Waals surface area contributed by atoms with Gasteiger partial charge in [0.1, 0.15) is 0 Å². The fraction of sp³-hybridized carbons (Fsp3) is 0.467. The summed E-state index contributed by atoms with van der Waals surface area (Å²) in [5.41, 5.74) is 2.75. The predicted octanol–water partition coefficient (Wildman–Crippen LogP) is 5.89. The van der Waals surface area contributed by atoms with E-state index >= 15 is 0 Å². The Hall–Kier alpha value is -4.04. The first-order valence-corrected chi connectivity index (χ1v) is 12.8. The molecule has 198 valence electrons. The van der Waals surface area contributed by atoms with Crippen molar-refractivity contribution >= 4 is 11.4 Å². The van der Waals surface area contributed by atoms with Crippen molar-refractivity contribution in [2.75, 3.05) is 28.4 Å². The van der Waals surface area contributed by atoms with Gasteiger partial charge in [-0.05, 0) is 86.8 Å². The first-order valence-electron chi connectivity index (χ1n) is 12.8. The van der Waals surface area contributed by atoms with Crippen LogP contribution in [0.1, 0.15) is 62.5 Å². The molecule has 2 aromatic rings. The van der Waals surface area contributed by atoms with Crippen LogP contribution in [0.3, 0.4) is 0 Å². The van der Waals surface area contributed by atoms with Crippen molar-refractivity contribution < 1.29 is 18.9 Å². The molecule has 0 aromatic heterocycles. The molecule has 0 radical (unpaired) electrons. The summed E-state index contributed by atoms with van der Waals surface area (Å²) >= 11 is 0. The van der Waals surface area contributed by atoms with E-state index in [1.54, 1.807) is 28.4 Å². The van der Waals surface area contributed by atoms with Crippen molar-refractivity contribution in [3.63, 3.8) is 0 Å². The molecule has 2 aromatic carbocycles. The lowest BCUT2D eigenvalue weighted by molar-refractivity contribution is 0.352. The second-order valence-electron chi connectivity index (χ2n) is 9.86. The molecular weight excluding hydrogens is 480 g/mol. The quantitative estimate of drug-likeness (QED) is 0.426.